The van der Waals surface area contributed by atoms with Crippen LogP contribution < -0.4 is 0 Å². The predicted octanol–water partition coefficient (Wildman–Crippen LogP) is 11.0. The third-order valence-corrected chi connectivity index (χ3v) is 9.40. The molecule has 0 amide bonds. The second-order valence-electron chi connectivity index (χ2n) is 12.0. The number of aromatic nitrogens is 2. The molecular formula is C44H26N4. The molecule has 0 aliphatic rings. The quantitative estimate of drug-likeness (QED) is 0.199. The standard InChI is InChI=1S/C44H26N4/c45-27-29-18-21-34(32(24-29)28-46)31-19-22-43(38(25-31)30-10-2-1-3-11-30)48-42-17-9-6-14-37(42)39-26-33(20-23-44(39)48)47-40-15-7-4-12-35(40)36-13-5-8-16-41(36)47/h1-26H. The molecule has 222 valence electrons. The van der Waals surface area contributed by atoms with Gasteiger partial charge < -0.3 is 9.13 Å². The van der Waals surface area contributed by atoms with Crippen molar-refractivity contribution >= 4 is 43.6 Å². The Morgan fingerprint density at radius 2 is 1.00 bits per heavy atom. The summed E-state index contributed by atoms with van der Waals surface area (Å²) < 4.78 is 4.72. The second kappa shape index (κ2) is 10.9. The lowest BCUT2D eigenvalue weighted by atomic mass is 9.94. The van der Waals surface area contributed by atoms with E-state index in [0.717, 1.165) is 44.7 Å². The number of rotatable bonds is 4. The summed E-state index contributed by atoms with van der Waals surface area (Å²) >= 11 is 0. The summed E-state index contributed by atoms with van der Waals surface area (Å²) in [6, 6.07) is 59.1. The van der Waals surface area contributed by atoms with E-state index in [1.165, 1.54) is 32.6 Å². The van der Waals surface area contributed by atoms with Gasteiger partial charge in [0.2, 0.25) is 0 Å². The van der Waals surface area contributed by atoms with Gasteiger partial charge in [-0.25, -0.2) is 0 Å². The van der Waals surface area contributed by atoms with Gasteiger partial charge in [-0.2, -0.15) is 10.5 Å². The van der Waals surface area contributed by atoms with Crippen molar-refractivity contribution in [2.45, 2.75) is 0 Å². The number of hydrogen-bond donors (Lipinski definition) is 0. The van der Waals surface area contributed by atoms with Crippen molar-refractivity contribution in [1.29, 1.82) is 10.5 Å². The summed E-state index contributed by atoms with van der Waals surface area (Å²) in [5, 5.41) is 24.2. The molecule has 0 radical (unpaired) electrons. The number of nitriles is 2. The fraction of sp³-hybridized carbons (Fsp3) is 0. The molecule has 0 spiro atoms. The molecule has 0 N–H and O–H groups in total. The van der Waals surface area contributed by atoms with Gasteiger partial charge in [-0.1, -0.05) is 97.1 Å². The first-order chi connectivity index (χ1) is 23.7. The minimum atomic E-state index is 0.473. The number of nitrogens with zero attached hydrogens (tertiary/aromatic N) is 4. The minimum absolute atomic E-state index is 0.473. The lowest BCUT2D eigenvalue weighted by molar-refractivity contribution is 1.17. The van der Waals surface area contributed by atoms with Crippen molar-refractivity contribution in [3.05, 3.63) is 169 Å². The molecule has 2 heterocycles. The Morgan fingerprint density at radius 1 is 0.396 bits per heavy atom. The van der Waals surface area contributed by atoms with E-state index in [0.29, 0.717) is 11.1 Å². The molecule has 0 fully saturated rings. The molecule has 7 aromatic carbocycles. The lowest BCUT2D eigenvalue weighted by Gasteiger charge is -2.17. The molecule has 0 atom stereocenters. The van der Waals surface area contributed by atoms with Crippen LogP contribution in [-0.2, 0) is 0 Å². The third-order valence-electron chi connectivity index (χ3n) is 9.40. The van der Waals surface area contributed by atoms with Gasteiger partial charge in [-0.3, -0.25) is 0 Å². The van der Waals surface area contributed by atoms with E-state index in [4.69, 9.17) is 0 Å². The molecule has 0 aliphatic carbocycles. The molecule has 4 heteroatoms. The number of hydrogen-bond acceptors (Lipinski definition) is 2. The van der Waals surface area contributed by atoms with Crippen LogP contribution in [0, 0.1) is 22.7 Å². The monoisotopic (exact) mass is 610 g/mol. The summed E-state index contributed by atoms with van der Waals surface area (Å²) in [6.45, 7) is 0. The highest BCUT2D eigenvalue weighted by molar-refractivity contribution is 6.12. The fourth-order valence-electron chi connectivity index (χ4n) is 7.27. The maximum Gasteiger partial charge on any atom is 0.0998 e. The Labute approximate surface area is 277 Å². The van der Waals surface area contributed by atoms with E-state index in [1.807, 2.05) is 12.1 Å². The first kappa shape index (κ1) is 27.4. The normalized spacial score (nSPS) is 11.3. The van der Waals surface area contributed by atoms with E-state index in [9.17, 15) is 10.5 Å². The molecule has 4 nitrogen and oxygen atoms in total. The first-order valence-electron chi connectivity index (χ1n) is 15.9. The van der Waals surface area contributed by atoms with Crippen molar-refractivity contribution in [3.63, 3.8) is 0 Å². The van der Waals surface area contributed by atoms with Gasteiger partial charge in [-0.05, 0) is 77.4 Å². The first-order valence-corrected chi connectivity index (χ1v) is 15.9. The van der Waals surface area contributed by atoms with Crippen molar-refractivity contribution < 1.29 is 0 Å². The lowest BCUT2D eigenvalue weighted by Crippen LogP contribution is -1.99. The van der Waals surface area contributed by atoms with Gasteiger partial charge in [0.1, 0.15) is 0 Å². The summed E-state index contributed by atoms with van der Waals surface area (Å²) in [4.78, 5) is 0. The Morgan fingerprint density at radius 3 is 1.67 bits per heavy atom. The molecule has 2 aromatic heterocycles. The Bertz CT molecular complexity index is 2750. The zero-order valence-corrected chi connectivity index (χ0v) is 25.8. The largest absolute Gasteiger partial charge is 0.309 e. The van der Waals surface area contributed by atoms with Crippen molar-refractivity contribution in [2.24, 2.45) is 0 Å². The van der Waals surface area contributed by atoms with Gasteiger partial charge in [0.15, 0.2) is 0 Å². The van der Waals surface area contributed by atoms with Crippen LogP contribution in [0.4, 0.5) is 0 Å². The van der Waals surface area contributed by atoms with Crippen LogP contribution >= 0.6 is 0 Å². The van der Waals surface area contributed by atoms with Gasteiger partial charge in [0.25, 0.3) is 0 Å². The highest BCUT2D eigenvalue weighted by Crippen LogP contribution is 2.40. The zero-order valence-electron chi connectivity index (χ0n) is 25.8. The highest BCUT2D eigenvalue weighted by Gasteiger charge is 2.19. The van der Waals surface area contributed by atoms with Crippen LogP contribution in [0.15, 0.2) is 158 Å². The summed E-state index contributed by atoms with van der Waals surface area (Å²) in [5.74, 6) is 0. The molecular weight excluding hydrogens is 585 g/mol. The van der Waals surface area contributed by atoms with Crippen molar-refractivity contribution in [2.75, 3.05) is 0 Å². The van der Waals surface area contributed by atoms with Gasteiger partial charge in [0, 0.05) is 32.8 Å². The van der Waals surface area contributed by atoms with Crippen LogP contribution in [0.25, 0.3) is 77.2 Å². The molecule has 9 rings (SSSR count). The van der Waals surface area contributed by atoms with Crippen LogP contribution in [0.5, 0.6) is 0 Å². The van der Waals surface area contributed by atoms with Crippen molar-refractivity contribution in [3.8, 4) is 45.8 Å². The third kappa shape index (κ3) is 4.14. The Hall–Kier alpha value is -6.88. The maximum atomic E-state index is 9.97. The van der Waals surface area contributed by atoms with E-state index in [-0.39, 0.29) is 0 Å². The van der Waals surface area contributed by atoms with E-state index in [2.05, 4.69) is 155 Å². The molecule has 0 saturated heterocycles. The summed E-state index contributed by atoms with van der Waals surface area (Å²) in [5.41, 5.74) is 11.6. The molecule has 48 heavy (non-hydrogen) atoms. The molecule has 0 unspecified atom stereocenters. The van der Waals surface area contributed by atoms with Crippen molar-refractivity contribution in [1.82, 2.24) is 9.13 Å². The highest BCUT2D eigenvalue weighted by atomic mass is 15.0. The summed E-state index contributed by atoms with van der Waals surface area (Å²) in [7, 11) is 0. The Kier molecular flexibility index (Phi) is 6.22. The van der Waals surface area contributed by atoms with Gasteiger partial charge >= 0.3 is 0 Å². The van der Waals surface area contributed by atoms with Crippen LogP contribution in [0.1, 0.15) is 11.1 Å². The van der Waals surface area contributed by atoms with Gasteiger partial charge in [0.05, 0.1) is 51.0 Å². The molecule has 0 saturated carbocycles. The second-order valence-corrected chi connectivity index (χ2v) is 12.0. The zero-order chi connectivity index (χ0) is 32.2. The summed E-state index contributed by atoms with van der Waals surface area (Å²) in [6.07, 6.45) is 0. The van der Waals surface area contributed by atoms with Gasteiger partial charge in [-0.15, -0.1) is 0 Å². The van der Waals surface area contributed by atoms with Crippen LogP contribution in [0.2, 0.25) is 0 Å². The fourth-order valence-corrected chi connectivity index (χ4v) is 7.27. The van der Waals surface area contributed by atoms with Crippen LogP contribution in [0.3, 0.4) is 0 Å². The SMILES string of the molecule is N#Cc1ccc(-c2ccc(-n3c4ccccc4c4cc(-n5c6ccccc6c6ccccc65)ccc43)c(-c3ccccc3)c2)c(C#N)c1. The molecule has 0 aliphatic heterocycles. The topological polar surface area (TPSA) is 57.4 Å². The predicted molar refractivity (Wildman–Crippen MR) is 195 cm³/mol. The van der Waals surface area contributed by atoms with Crippen LogP contribution in [-0.4, -0.2) is 9.13 Å². The van der Waals surface area contributed by atoms with E-state index >= 15 is 0 Å². The number of fused-ring (bicyclic) bond motifs is 6. The number of para-hydroxylation sites is 3. The maximum absolute atomic E-state index is 9.97. The smallest absolute Gasteiger partial charge is 0.0998 e. The molecule has 0 bridgehead atoms. The average molecular weight is 611 g/mol. The number of benzene rings is 7. The Balaban J connectivity index is 1.31. The van der Waals surface area contributed by atoms with E-state index in [1.54, 1.807) is 12.1 Å². The van der Waals surface area contributed by atoms with E-state index < -0.39 is 0 Å². The minimum Gasteiger partial charge on any atom is -0.309 e. The average Bonchev–Trinajstić information content (AvgIpc) is 3.67. The molecule has 9 aromatic rings.